The molecule has 18 heavy (non-hydrogen) atoms. The van der Waals surface area contributed by atoms with Crippen LogP contribution in [0, 0.1) is 5.95 Å². The van der Waals surface area contributed by atoms with E-state index < -0.39 is 5.95 Å². The van der Waals surface area contributed by atoms with Crippen LogP contribution in [0.2, 0.25) is 0 Å². The smallest absolute Gasteiger partial charge is 0.241 e. The van der Waals surface area contributed by atoms with E-state index in [1.165, 1.54) is 28.9 Å². The van der Waals surface area contributed by atoms with Gasteiger partial charge in [0.1, 0.15) is 12.0 Å². The maximum absolute atomic E-state index is 13.5. The summed E-state index contributed by atoms with van der Waals surface area (Å²) >= 11 is 3.22. The highest BCUT2D eigenvalue weighted by molar-refractivity contribution is 9.10. The number of nitrogens with zero attached hydrogens (tertiary/aromatic N) is 5. The highest BCUT2D eigenvalue weighted by Gasteiger charge is 2.16. The average Bonchev–Trinajstić information content (AvgIpc) is 2.70. The maximum atomic E-state index is 13.5. The molecule has 2 aromatic rings. The SMILES string of the molecule is CC(=O)N(C)c1cn(-c2cncnc2F)nc1Br. The standard InChI is InChI=1S/C10H9BrFN5O/c1-6(18)16(2)8-4-17(15-9(8)11)7-3-13-5-14-10(7)12/h3-5H,1-2H3. The zero-order valence-electron chi connectivity index (χ0n) is 9.63. The van der Waals surface area contributed by atoms with Crippen molar-refractivity contribution in [3.8, 4) is 5.69 Å². The summed E-state index contributed by atoms with van der Waals surface area (Å²) in [5, 5.41) is 4.06. The number of anilines is 1. The summed E-state index contributed by atoms with van der Waals surface area (Å²) in [4.78, 5) is 19.8. The van der Waals surface area contributed by atoms with Crippen LogP contribution in [0.4, 0.5) is 10.1 Å². The van der Waals surface area contributed by atoms with E-state index in [4.69, 9.17) is 0 Å². The Kier molecular flexibility index (Phi) is 3.37. The zero-order chi connectivity index (χ0) is 13.3. The van der Waals surface area contributed by atoms with Gasteiger partial charge in [-0.05, 0) is 15.9 Å². The molecule has 0 aliphatic carbocycles. The number of halogens is 2. The summed E-state index contributed by atoms with van der Waals surface area (Å²) in [5.41, 5.74) is 0.646. The molecule has 0 bridgehead atoms. The Hall–Kier alpha value is -1.83. The molecular formula is C10H9BrFN5O. The molecule has 0 saturated heterocycles. The van der Waals surface area contributed by atoms with E-state index in [9.17, 15) is 9.18 Å². The molecule has 0 aliphatic heterocycles. The normalized spacial score (nSPS) is 10.4. The molecule has 0 spiro atoms. The van der Waals surface area contributed by atoms with Crippen LogP contribution >= 0.6 is 15.9 Å². The summed E-state index contributed by atoms with van der Waals surface area (Å²) < 4.78 is 15.2. The first-order valence-corrected chi connectivity index (χ1v) is 5.75. The number of hydrogen-bond donors (Lipinski definition) is 0. The molecule has 0 aliphatic rings. The van der Waals surface area contributed by atoms with Crippen molar-refractivity contribution in [1.82, 2.24) is 19.7 Å². The quantitative estimate of drug-likeness (QED) is 0.789. The second-order valence-corrected chi connectivity index (χ2v) is 4.28. The lowest BCUT2D eigenvalue weighted by molar-refractivity contribution is -0.116. The predicted molar refractivity (Wildman–Crippen MR) is 65.9 cm³/mol. The van der Waals surface area contributed by atoms with Crippen molar-refractivity contribution in [1.29, 1.82) is 0 Å². The van der Waals surface area contributed by atoms with Crippen LogP contribution in [0.3, 0.4) is 0 Å². The Morgan fingerprint density at radius 2 is 2.28 bits per heavy atom. The minimum Gasteiger partial charge on any atom is -0.312 e. The molecule has 1 amide bonds. The van der Waals surface area contributed by atoms with E-state index in [0.29, 0.717) is 10.3 Å². The van der Waals surface area contributed by atoms with Crippen molar-refractivity contribution in [3.63, 3.8) is 0 Å². The lowest BCUT2D eigenvalue weighted by Gasteiger charge is -2.11. The summed E-state index contributed by atoms with van der Waals surface area (Å²) in [6.07, 6.45) is 3.94. The summed E-state index contributed by atoms with van der Waals surface area (Å²) in [6, 6.07) is 0. The summed E-state index contributed by atoms with van der Waals surface area (Å²) in [5.74, 6) is -0.836. The predicted octanol–water partition coefficient (Wildman–Crippen LogP) is 1.55. The van der Waals surface area contributed by atoms with Gasteiger partial charge in [-0.2, -0.15) is 9.49 Å². The lowest BCUT2D eigenvalue weighted by atomic mass is 10.4. The second-order valence-electron chi connectivity index (χ2n) is 3.53. The van der Waals surface area contributed by atoms with Crippen molar-refractivity contribution in [2.45, 2.75) is 6.92 Å². The number of rotatable bonds is 2. The highest BCUT2D eigenvalue weighted by atomic mass is 79.9. The van der Waals surface area contributed by atoms with Crippen molar-refractivity contribution in [2.24, 2.45) is 0 Å². The molecule has 0 unspecified atom stereocenters. The first-order valence-electron chi connectivity index (χ1n) is 4.96. The van der Waals surface area contributed by atoms with Gasteiger partial charge in [0.2, 0.25) is 11.9 Å². The van der Waals surface area contributed by atoms with Gasteiger partial charge in [0.25, 0.3) is 0 Å². The number of carbonyl (C=O) groups excluding carboxylic acids is 1. The molecule has 94 valence electrons. The molecule has 0 atom stereocenters. The van der Waals surface area contributed by atoms with Crippen molar-refractivity contribution >= 4 is 27.5 Å². The van der Waals surface area contributed by atoms with Crippen LogP contribution in [-0.4, -0.2) is 32.7 Å². The van der Waals surface area contributed by atoms with Gasteiger partial charge in [-0.25, -0.2) is 14.6 Å². The summed E-state index contributed by atoms with van der Waals surface area (Å²) in [7, 11) is 1.60. The second kappa shape index (κ2) is 4.81. The molecular weight excluding hydrogens is 305 g/mol. The van der Waals surface area contributed by atoms with Gasteiger partial charge in [0.05, 0.1) is 18.1 Å². The van der Waals surface area contributed by atoms with E-state index in [1.54, 1.807) is 7.05 Å². The van der Waals surface area contributed by atoms with Gasteiger partial charge in [0, 0.05) is 14.0 Å². The molecule has 2 rings (SSSR count). The van der Waals surface area contributed by atoms with Crippen molar-refractivity contribution in [2.75, 3.05) is 11.9 Å². The topological polar surface area (TPSA) is 63.9 Å². The van der Waals surface area contributed by atoms with Crippen LogP contribution in [0.1, 0.15) is 6.92 Å². The molecule has 0 saturated carbocycles. The maximum Gasteiger partial charge on any atom is 0.241 e. The number of carbonyl (C=O) groups is 1. The largest absolute Gasteiger partial charge is 0.312 e. The monoisotopic (exact) mass is 313 g/mol. The Bertz CT molecular complexity index is 600. The third-order valence-electron chi connectivity index (χ3n) is 2.38. The zero-order valence-corrected chi connectivity index (χ0v) is 11.2. The molecule has 0 radical (unpaired) electrons. The van der Waals surface area contributed by atoms with Gasteiger partial charge in [-0.1, -0.05) is 0 Å². The molecule has 2 heterocycles. The Labute approximate surface area is 111 Å². The fraction of sp³-hybridized carbons (Fsp3) is 0.200. The first kappa shape index (κ1) is 12.6. The van der Waals surface area contributed by atoms with Crippen LogP contribution in [-0.2, 0) is 4.79 Å². The Morgan fingerprint density at radius 1 is 1.56 bits per heavy atom. The lowest BCUT2D eigenvalue weighted by Crippen LogP contribution is -2.22. The molecule has 0 fully saturated rings. The minimum atomic E-state index is -0.683. The molecule has 0 aromatic carbocycles. The average molecular weight is 314 g/mol. The van der Waals surface area contributed by atoms with Gasteiger partial charge in [-0.3, -0.25) is 4.79 Å². The van der Waals surface area contributed by atoms with E-state index in [0.717, 1.165) is 6.33 Å². The first-order chi connectivity index (χ1) is 8.50. The Balaban J connectivity index is 2.47. The van der Waals surface area contributed by atoms with Crippen LogP contribution in [0.5, 0.6) is 0 Å². The van der Waals surface area contributed by atoms with E-state index in [-0.39, 0.29) is 11.6 Å². The third kappa shape index (κ3) is 2.23. The molecule has 8 heteroatoms. The van der Waals surface area contributed by atoms with Crippen LogP contribution in [0.15, 0.2) is 23.3 Å². The van der Waals surface area contributed by atoms with E-state index >= 15 is 0 Å². The van der Waals surface area contributed by atoms with Gasteiger partial charge >= 0.3 is 0 Å². The van der Waals surface area contributed by atoms with E-state index in [1.807, 2.05) is 0 Å². The number of amides is 1. The minimum absolute atomic E-state index is 0.112. The van der Waals surface area contributed by atoms with Gasteiger partial charge < -0.3 is 4.90 Å². The number of hydrogen-bond acceptors (Lipinski definition) is 4. The van der Waals surface area contributed by atoms with E-state index in [2.05, 4.69) is 31.0 Å². The van der Waals surface area contributed by atoms with Crippen LogP contribution < -0.4 is 4.90 Å². The third-order valence-corrected chi connectivity index (χ3v) is 2.94. The van der Waals surface area contributed by atoms with Gasteiger partial charge in [-0.15, -0.1) is 0 Å². The van der Waals surface area contributed by atoms with Gasteiger partial charge in [0.15, 0.2) is 4.60 Å². The fourth-order valence-corrected chi connectivity index (χ4v) is 1.86. The number of aromatic nitrogens is 4. The Morgan fingerprint density at radius 3 is 2.89 bits per heavy atom. The van der Waals surface area contributed by atoms with Crippen molar-refractivity contribution in [3.05, 3.63) is 29.3 Å². The molecule has 6 nitrogen and oxygen atoms in total. The van der Waals surface area contributed by atoms with Crippen LogP contribution in [0.25, 0.3) is 5.69 Å². The fourth-order valence-electron chi connectivity index (χ4n) is 1.32. The molecule has 2 aromatic heterocycles. The molecule has 0 N–H and O–H groups in total. The highest BCUT2D eigenvalue weighted by Crippen LogP contribution is 2.25. The summed E-state index contributed by atoms with van der Waals surface area (Å²) in [6.45, 7) is 1.43. The van der Waals surface area contributed by atoms with Crippen molar-refractivity contribution < 1.29 is 9.18 Å².